The first-order chi connectivity index (χ1) is 14.4. The first-order valence-corrected chi connectivity index (χ1v) is 10.0. The predicted molar refractivity (Wildman–Crippen MR) is 111 cm³/mol. The summed E-state index contributed by atoms with van der Waals surface area (Å²) in [6.45, 7) is 4.64. The molecule has 0 spiro atoms. The maximum Gasteiger partial charge on any atom is 0.262 e. The van der Waals surface area contributed by atoms with Crippen molar-refractivity contribution in [2.75, 3.05) is 25.1 Å². The van der Waals surface area contributed by atoms with E-state index in [0.717, 1.165) is 24.0 Å². The van der Waals surface area contributed by atoms with Gasteiger partial charge < -0.3 is 14.8 Å². The summed E-state index contributed by atoms with van der Waals surface area (Å²) >= 11 is 0. The number of aryl methyl sites for hydroxylation is 2. The van der Waals surface area contributed by atoms with E-state index >= 15 is 0 Å². The number of hydrogen-bond acceptors (Lipinski definition) is 5. The first-order valence-electron chi connectivity index (χ1n) is 10.0. The minimum Gasteiger partial charge on any atom is -0.483 e. The molecule has 1 atom stereocenters. The van der Waals surface area contributed by atoms with Crippen LogP contribution in [0.2, 0.25) is 0 Å². The largest absolute Gasteiger partial charge is 0.483 e. The second-order valence-electron chi connectivity index (χ2n) is 7.72. The molecule has 1 unspecified atom stereocenters. The monoisotopic (exact) mass is 408 g/mol. The van der Waals surface area contributed by atoms with E-state index in [0.29, 0.717) is 29.2 Å². The van der Waals surface area contributed by atoms with Gasteiger partial charge in [0.05, 0.1) is 23.8 Å². The minimum absolute atomic E-state index is 0.103. The van der Waals surface area contributed by atoms with Gasteiger partial charge in [-0.05, 0) is 62.1 Å². The van der Waals surface area contributed by atoms with Gasteiger partial charge >= 0.3 is 0 Å². The Morgan fingerprint density at radius 2 is 1.93 bits per heavy atom. The highest BCUT2D eigenvalue weighted by atomic mass is 16.5. The zero-order valence-electron chi connectivity index (χ0n) is 17.1. The van der Waals surface area contributed by atoms with Gasteiger partial charge in [-0.3, -0.25) is 19.3 Å². The lowest BCUT2D eigenvalue weighted by molar-refractivity contribution is -0.118. The van der Waals surface area contributed by atoms with Crippen molar-refractivity contribution in [2.24, 2.45) is 0 Å². The lowest BCUT2D eigenvalue weighted by atomic mass is 10.1. The zero-order valence-corrected chi connectivity index (χ0v) is 17.1. The molecule has 0 aromatic heterocycles. The summed E-state index contributed by atoms with van der Waals surface area (Å²) in [6, 6.07) is 10.5. The van der Waals surface area contributed by atoms with Crippen LogP contribution in [0, 0.1) is 13.8 Å². The Hall–Kier alpha value is -3.19. The van der Waals surface area contributed by atoms with Crippen LogP contribution in [0.25, 0.3) is 0 Å². The van der Waals surface area contributed by atoms with Gasteiger partial charge in [0.15, 0.2) is 6.61 Å². The van der Waals surface area contributed by atoms with Gasteiger partial charge in [-0.15, -0.1) is 0 Å². The van der Waals surface area contributed by atoms with E-state index in [-0.39, 0.29) is 37.0 Å². The van der Waals surface area contributed by atoms with Gasteiger partial charge in [-0.2, -0.15) is 0 Å². The number of carbonyl (C=O) groups excluding carboxylic acids is 3. The predicted octanol–water partition coefficient (Wildman–Crippen LogP) is 3.10. The topological polar surface area (TPSA) is 84.9 Å². The Morgan fingerprint density at radius 3 is 2.70 bits per heavy atom. The maximum absolute atomic E-state index is 12.7. The highest BCUT2D eigenvalue weighted by molar-refractivity contribution is 6.21. The van der Waals surface area contributed by atoms with Crippen LogP contribution in [0.3, 0.4) is 0 Å². The molecule has 7 nitrogen and oxygen atoms in total. The van der Waals surface area contributed by atoms with Crippen molar-refractivity contribution in [1.82, 2.24) is 4.90 Å². The first kappa shape index (κ1) is 20.1. The van der Waals surface area contributed by atoms with Gasteiger partial charge in [0.1, 0.15) is 5.75 Å². The standard InChI is InChI=1S/C23H24N2O5/c1-14-5-6-15(2)20(10-14)30-13-21(26)24-16-7-8-18-19(11-16)23(28)25(22(18)27)12-17-4-3-9-29-17/h5-8,10-11,17H,3-4,9,12-13H2,1-2H3,(H,24,26). The van der Waals surface area contributed by atoms with Crippen LogP contribution in [-0.4, -0.2) is 48.5 Å². The Bertz CT molecular complexity index is 1010. The van der Waals surface area contributed by atoms with Crippen LogP contribution < -0.4 is 10.1 Å². The molecule has 7 heteroatoms. The fourth-order valence-corrected chi connectivity index (χ4v) is 3.73. The van der Waals surface area contributed by atoms with E-state index < -0.39 is 0 Å². The molecular formula is C23H24N2O5. The number of rotatable bonds is 6. The van der Waals surface area contributed by atoms with Gasteiger partial charge in [-0.1, -0.05) is 12.1 Å². The van der Waals surface area contributed by atoms with Gasteiger partial charge in [0, 0.05) is 12.3 Å². The van der Waals surface area contributed by atoms with Crippen molar-refractivity contribution in [3.8, 4) is 5.75 Å². The molecule has 1 N–H and O–H groups in total. The average Bonchev–Trinajstić information content (AvgIpc) is 3.32. The van der Waals surface area contributed by atoms with Crippen molar-refractivity contribution in [3.63, 3.8) is 0 Å². The summed E-state index contributed by atoms with van der Waals surface area (Å²) in [5.74, 6) is -0.358. The molecule has 2 heterocycles. The van der Waals surface area contributed by atoms with Crippen molar-refractivity contribution in [2.45, 2.75) is 32.8 Å². The fraction of sp³-hybridized carbons (Fsp3) is 0.348. The number of imide groups is 1. The molecule has 1 saturated heterocycles. The molecule has 0 bridgehead atoms. The third-order valence-corrected chi connectivity index (χ3v) is 5.37. The smallest absolute Gasteiger partial charge is 0.262 e. The summed E-state index contributed by atoms with van der Waals surface area (Å²) in [7, 11) is 0. The second-order valence-corrected chi connectivity index (χ2v) is 7.72. The Morgan fingerprint density at radius 1 is 1.13 bits per heavy atom. The van der Waals surface area contributed by atoms with Crippen LogP contribution in [0.4, 0.5) is 5.69 Å². The zero-order chi connectivity index (χ0) is 21.3. The molecule has 0 saturated carbocycles. The van der Waals surface area contributed by atoms with Crippen molar-refractivity contribution in [3.05, 3.63) is 58.7 Å². The fourth-order valence-electron chi connectivity index (χ4n) is 3.73. The number of ether oxygens (including phenoxy) is 2. The highest BCUT2D eigenvalue weighted by Crippen LogP contribution is 2.27. The average molecular weight is 408 g/mol. The summed E-state index contributed by atoms with van der Waals surface area (Å²) in [5, 5.41) is 2.73. The summed E-state index contributed by atoms with van der Waals surface area (Å²) in [5.41, 5.74) is 3.09. The molecule has 0 aliphatic carbocycles. The number of carbonyl (C=O) groups is 3. The Kier molecular flexibility index (Phi) is 5.55. The van der Waals surface area contributed by atoms with Crippen molar-refractivity contribution >= 4 is 23.4 Å². The number of anilines is 1. The lowest BCUT2D eigenvalue weighted by Crippen LogP contribution is -2.36. The molecule has 1 fully saturated rings. The molecule has 0 radical (unpaired) electrons. The quantitative estimate of drug-likeness (QED) is 0.743. The molecule has 156 valence electrons. The summed E-state index contributed by atoms with van der Waals surface area (Å²) < 4.78 is 11.2. The third-order valence-electron chi connectivity index (χ3n) is 5.37. The summed E-state index contributed by atoms with van der Waals surface area (Å²) in [6.07, 6.45) is 1.68. The van der Waals surface area contributed by atoms with Crippen LogP contribution in [0.15, 0.2) is 36.4 Å². The van der Waals surface area contributed by atoms with E-state index in [4.69, 9.17) is 9.47 Å². The van der Waals surface area contributed by atoms with E-state index in [1.54, 1.807) is 18.2 Å². The van der Waals surface area contributed by atoms with Crippen molar-refractivity contribution < 1.29 is 23.9 Å². The van der Waals surface area contributed by atoms with E-state index in [9.17, 15) is 14.4 Å². The Labute approximate surface area is 175 Å². The number of nitrogens with one attached hydrogen (secondary N) is 1. The SMILES string of the molecule is Cc1ccc(C)c(OCC(=O)Nc2ccc3c(c2)C(=O)N(CC2CCCO2)C3=O)c1. The lowest BCUT2D eigenvalue weighted by Gasteiger charge is -2.17. The normalized spacial score (nSPS) is 17.9. The van der Waals surface area contributed by atoms with E-state index in [2.05, 4.69) is 5.32 Å². The maximum atomic E-state index is 12.7. The molecule has 30 heavy (non-hydrogen) atoms. The molecule has 2 aromatic carbocycles. The third kappa shape index (κ3) is 4.07. The van der Waals surface area contributed by atoms with Crippen LogP contribution in [-0.2, 0) is 9.53 Å². The number of amides is 3. The molecule has 2 aromatic rings. The Balaban J connectivity index is 1.40. The number of hydrogen-bond donors (Lipinski definition) is 1. The van der Waals surface area contributed by atoms with E-state index in [1.807, 2.05) is 32.0 Å². The molecule has 2 aliphatic rings. The van der Waals surface area contributed by atoms with Crippen LogP contribution >= 0.6 is 0 Å². The molecule has 2 aliphatic heterocycles. The number of nitrogens with zero attached hydrogens (tertiary/aromatic N) is 1. The molecule has 3 amide bonds. The van der Waals surface area contributed by atoms with Gasteiger partial charge in [0.2, 0.25) is 0 Å². The van der Waals surface area contributed by atoms with Gasteiger partial charge in [-0.25, -0.2) is 0 Å². The van der Waals surface area contributed by atoms with Gasteiger partial charge in [0.25, 0.3) is 17.7 Å². The van der Waals surface area contributed by atoms with Crippen LogP contribution in [0.5, 0.6) is 5.75 Å². The van der Waals surface area contributed by atoms with E-state index in [1.165, 1.54) is 4.90 Å². The second kappa shape index (κ2) is 8.28. The van der Waals surface area contributed by atoms with Crippen molar-refractivity contribution in [1.29, 1.82) is 0 Å². The molecule has 4 rings (SSSR count). The minimum atomic E-state index is -0.353. The number of fused-ring (bicyclic) bond motifs is 1. The summed E-state index contributed by atoms with van der Waals surface area (Å²) in [4.78, 5) is 38.9. The number of benzene rings is 2. The van der Waals surface area contributed by atoms with Crippen LogP contribution in [0.1, 0.15) is 44.7 Å². The highest BCUT2D eigenvalue weighted by Gasteiger charge is 2.37. The molecular weight excluding hydrogens is 384 g/mol.